The van der Waals surface area contributed by atoms with Crippen molar-refractivity contribution in [3.8, 4) is 0 Å². The van der Waals surface area contributed by atoms with Crippen LogP contribution in [0.15, 0.2) is 18.5 Å². The molecule has 7 heteroatoms. The summed E-state index contributed by atoms with van der Waals surface area (Å²) in [7, 11) is 1.77. The van der Waals surface area contributed by atoms with Gasteiger partial charge in [-0.05, 0) is 6.07 Å². The normalized spacial score (nSPS) is 10.4. The van der Waals surface area contributed by atoms with E-state index in [2.05, 4.69) is 20.6 Å². The summed E-state index contributed by atoms with van der Waals surface area (Å²) in [4.78, 5) is 11.7. The molecule has 0 atom stereocenters. The van der Waals surface area contributed by atoms with Gasteiger partial charge < -0.3 is 11.1 Å². The van der Waals surface area contributed by atoms with E-state index in [4.69, 9.17) is 5.73 Å². The predicted molar refractivity (Wildman–Crippen MR) is 57.6 cm³/mol. The number of aryl methyl sites for hydroxylation is 1. The lowest BCUT2D eigenvalue weighted by atomic mass is 10.3. The molecule has 0 spiro atoms. The summed E-state index contributed by atoms with van der Waals surface area (Å²) in [6.07, 6.45) is 3.28. The average molecular weight is 220 g/mol. The lowest BCUT2D eigenvalue weighted by Gasteiger charge is -2.01. The summed E-state index contributed by atoms with van der Waals surface area (Å²) < 4.78 is 1.60. The molecular weight excluding hydrogens is 208 g/mol. The van der Waals surface area contributed by atoms with Gasteiger partial charge in [0.2, 0.25) is 0 Å². The van der Waals surface area contributed by atoms with Crippen molar-refractivity contribution in [1.29, 1.82) is 0 Å². The van der Waals surface area contributed by atoms with Crippen molar-refractivity contribution in [2.75, 3.05) is 5.32 Å². The van der Waals surface area contributed by atoms with Crippen LogP contribution in [0.1, 0.15) is 16.1 Å². The molecule has 2 aromatic heterocycles. The Bertz CT molecular complexity index is 486. The molecule has 16 heavy (non-hydrogen) atoms. The first kappa shape index (κ1) is 10.4. The molecule has 4 N–H and O–H groups in total. The van der Waals surface area contributed by atoms with Crippen LogP contribution in [0.5, 0.6) is 0 Å². The van der Waals surface area contributed by atoms with Gasteiger partial charge in [-0.3, -0.25) is 14.6 Å². The molecule has 0 unspecified atom stereocenters. The third-order valence-electron chi connectivity index (χ3n) is 2.10. The lowest BCUT2D eigenvalue weighted by Crippen LogP contribution is -2.14. The van der Waals surface area contributed by atoms with Gasteiger partial charge in [-0.2, -0.15) is 10.2 Å². The molecule has 1 amide bonds. The highest BCUT2D eigenvalue weighted by molar-refractivity contribution is 6.02. The van der Waals surface area contributed by atoms with Crippen molar-refractivity contribution >= 4 is 11.7 Å². The summed E-state index contributed by atoms with van der Waals surface area (Å²) in [6.45, 7) is 0.326. The van der Waals surface area contributed by atoms with Gasteiger partial charge in [0.05, 0.1) is 0 Å². The van der Waals surface area contributed by atoms with Gasteiger partial charge in [0.15, 0.2) is 5.82 Å². The lowest BCUT2D eigenvalue weighted by molar-refractivity contribution is 0.102. The van der Waals surface area contributed by atoms with E-state index >= 15 is 0 Å². The topological polar surface area (TPSA) is 102 Å². The summed E-state index contributed by atoms with van der Waals surface area (Å²) in [5, 5.41) is 13.0. The van der Waals surface area contributed by atoms with Gasteiger partial charge in [0.25, 0.3) is 5.91 Å². The third kappa shape index (κ3) is 1.94. The van der Waals surface area contributed by atoms with E-state index < -0.39 is 0 Å². The van der Waals surface area contributed by atoms with Crippen LogP contribution in [0, 0.1) is 0 Å². The van der Waals surface area contributed by atoms with E-state index in [1.807, 2.05) is 0 Å². The molecule has 2 aromatic rings. The minimum Gasteiger partial charge on any atom is -0.326 e. The van der Waals surface area contributed by atoms with Crippen molar-refractivity contribution in [3.05, 3.63) is 29.7 Å². The molecule has 84 valence electrons. The van der Waals surface area contributed by atoms with Gasteiger partial charge in [-0.1, -0.05) is 0 Å². The maximum atomic E-state index is 11.7. The first-order chi connectivity index (χ1) is 7.70. The van der Waals surface area contributed by atoms with Crippen LogP contribution in [0.25, 0.3) is 0 Å². The largest absolute Gasteiger partial charge is 0.326 e. The molecule has 0 radical (unpaired) electrons. The molecule has 7 nitrogen and oxygen atoms in total. The average Bonchev–Trinajstić information content (AvgIpc) is 2.87. The Balaban J connectivity index is 2.17. The number of aromatic amines is 1. The van der Waals surface area contributed by atoms with E-state index in [1.54, 1.807) is 24.0 Å². The van der Waals surface area contributed by atoms with Crippen LogP contribution in [0.3, 0.4) is 0 Å². The zero-order chi connectivity index (χ0) is 11.5. The Morgan fingerprint density at radius 3 is 3.12 bits per heavy atom. The molecular formula is C9H12N6O. The Morgan fingerprint density at radius 1 is 1.69 bits per heavy atom. The summed E-state index contributed by atoms with van der Waals surface area (Å²) in [6, 6.07) is 1.58. The van der Waals surface area contributed by atoms with Crippen LogP contribution in [-0.4, -0.2) is 25.9 Å². The number of nitrogens with two attached hydrogens (primary N) is 1. The number of hydrogen-bond donors (Lipinski definition) is 3. The number of H-pyrrole nitrogens is 1. The molecule has 0 fully saturated rings. The number of anilines is 1. The minimum absolute atomic E-state index is 0.286. The van der Waals surface area contributed by atoms with Crippen LogP contribution < -0.4 is 11.1 Å². The third-order valence-corrected chi connectivity index (χ3v) is 2.10. The highest BCUT2D eigenvalue weighted by Gasteiger charge is 2.12. The van der Waals surface area contributed by atoms with Crippen molar-refractivity contribution < 1.29 is 4.79 Å². The monoisotopic (exact) mass is 220 g/mol. The van der Waals surface area contributed by atoms with Crippen LogP contribution in [0.4, 0.5) is 5.82 Å². The molecule has 0 aliphatic carbocycles. The molecule has 2 heterocycles. The van der Waals surface area contributed by atoms with Crippen molar-refractivity contribution in [2.24, 2.45) is 12.8 Å². The highest BCUT2D eigenvalue weighted by atomic mass is 16.2. The van der Waals surface area contributed by atoms with Crippen LogP contribution >= 0.6 is 0 Å². The molecule has 0 saturated heterocycles. The summed E-state index contributed by atoms with van der Waals surface area (Å²) >= 11 is 0. The number of hydrogen-bond acceptors (Lipinski definition) is 4. The van der Waals surface area contributed by atoms with Gasteiger partial charge in [-0.15, -0.1) is 0 Å². The molecule has 0 aliphatic heterocycles. The SMILES string of the molecule is Cn1cc(CN)c(NC(=O)c2ccn[nH]2)n1. The predicted octanol–water partition coefficient (Wildman–Crippen LogP) is -0.146. The van der Waals surface area contributed by atoms with Gasteiger partial charge in [0, 0.05) is 31.5 Å². The van der Waals surface area contributed by atoms with E-state index in [1.165, 1.54) is 6.20 Å². The first-order valence-electron chi connectivity index (χ1n) is 4.74. The van der Waals surface area contributed by atoms with E-state index in [-0.39, 0.29) is 5.91 Å². The van der Waals surface area contributed by atoms with E-state index in [0.717, 1.165) is 5.56 Å². The standard InChI is InChI=1S/C9H12N6O/c1-15-5-6(4-10)8(14-15)12-9(16)7-2-3-11-13-7/h2-3,5H,4,10H2,1H3,(H,11,13)(H,12,14,16). The van der Waals surface area contributed by atoms with Gasteiger partial charge in [0.1, 0.15) is 5.69 Å². The van der Waals surface area contributed by atoms with Crippen LogP contribution in [0.2, 0.25) is 0 Å². The Kier molecular flexibility index (Phi) is 2.69. The minimum atomic E-state index is -0.286. The Morgan fingerprint density at radius 2 is 2.50 bits per heavy atom. The second kappa shape index (κ2) is 4.15. The number of aromatic nitrogens is 4. The van der Waals surface area contributed by atoms with Crippen LogP contribution in [-0.2, 0) is 13.6 Å². The van der Waals surface area contributed by atoms with E-state index in [9.17, 15) is 4.79 Å². The second-order valence-electron chi connectivity index (χ2n) is 3.31. The summed E-state index contributed by atoms with van der Waals surface area (Å²) in [5.41, 5.74) is 6.70. The number of carbonyl (C=O) groups excluding carboxylic acids is 1. The maximum absolute atomic E-state index is 11.7. The maximum Gasteiger partial charge on any atom is 0.274 e. The molecule has 0 bridgehead atoms. The fourth-order valence-electron chi connectivity index (χ4n) is 1.35. The van der Waals surface area contributed by atoms with Gasteiger partial charge in [-0.25, -0.2) is 0 Å². The zero-order valence-corrected chi connectivity index (χ0v) is 8.77. The molecule has 0 aliphatic rings. The van der Waals surface area contributed by atoms with Crippen molar-refractivity contribution in [1.82, 2.24) is 20.0 Å². The second-order valence-corrected chi connectivity index (χ2v) is 3.31. The Hall–Kier alpha value is -2.15. The number of nitrogens with one attached hydrogen (secondary N) is 2. The molecule has 0 saturated carbocycles. The zero-order valence-electron chi connectivity index (χ0n) is 8.77. The quantitative estimate of drug-likeness (QED) is 0.669. The fourth-order valence-corrected chi connectivity index (χ4v) is 1.35. The highest BCUT2D eigenvalue weighted by Crippen LogP contribution is 2.12. The molecule has 0 aromatic carbocycles. The number of carbonyl (C=O) groups is 1. The fraction of sp³-hybridized carbons (Fsp3) is 0.222. The number of rotatable bonds is 3. The summed E-state index contributed by atoms with van der Waals surface area (Å²) in [5.74, 6) is 0.190. The number of amides is 1. The van der Waals surface area contributed by atoms with E-state index in [0.29, 0.717) is 18.1 Å². The molecule has 2 rings (SSSR count). The number of nitrogens with zero attached hydrogens (tertiary/aromatic N) is 3. The van der Waals surface area contributed by atoms with Crippen molar-refractivity contribution in [3.63, 3.8) is 0 Å². The van der Waals surface area contributed by atoms with Gasteiger partial charge >= 0.3 is 0 Å². The first-order valence-corrected chi connectivity index (χ1v) is 4.74. The van der Waals surface area contributed by atoms with Crippen molar-refractivity contribution in [2.45, 2.75) is 6.54 Å². The Labute approximate surface area is 91.6 Å². The smallest absolute Gasteiger partial charge is 0.274 e.